The van der Waals surface area contributed by atoms with Gasteiger partial charge in [-0.05, 0) is 54.8 Å². The van der Waals surface area contributed by atoms with E-state index in [1.54, 1.807) is 11.1 Å². The van der Waals surface area contributed by atoms with E-state index in [0.29, 0.717) is 0 Å². The van der Waals surface area contributed by atoms with Crippen LogP contribution in [0.4, 0.5) is 0 Å². The fourth-order valence-corrected chi connectivity index (χ4v) is 4.37. The third kappa shape index (κ3) is 2.72. The van der Waals surface area contributed by atoms with Gasteiger partial charge in [-0.15, -0.1) is 0 Å². The largest absolute Gasteiger partial charge is 0.316 e. The van der Waals surface area contributed by atoms with Crippen molar-refractivity contribution < 1.29 is 0 Å². The lowest BCUT2D eigenvalue weighted by molar-refractivity contribution is 0.230. The number of benzene rings is 1. The quantitative estimate of drug-likeness (QED) is 0.858. The fraction of sp³-hybridized carbons (Fsp3) is 0.667. The Morgan fingerprint density at radius 3 is 2.68 bits per heavy atom. The Bertz CT molecular complexity index is 406. The minimum Gasteiger partial charge on any atom is -0.316 e. The topological polar surface area (TPSA) is 12.0 Å². The molecule has 2 fully saturated rings. The van der Waals surface area contributed by atoms with Crippen molar-refractivity contribution in [3.05, 3.63) is 35.4 Å². The second-order valence-electron chi connectivity index (χ2n) is 6.36. The number of hydrogen-bond donors (Lipinski definition) is 1. The zero-order valence-electron chi connectivity index (χ0n) is 12.2. The molecule has 1 aromatic rings. The van der Waals surface area contributed by atoms with Crippen molar-refractivity contribution in [1.29, 1.82) is 0 Å². The van der Waals surface area contributed by atoms with Crippen LogP contribution in [-0.2, 0) is 6.42 Å². The molecule has 2 unspecified atom stereocenters. The van der Waals surface area contributed by atoms with E-state index in [1.165, 1.54) is 51.6 Å². The van der Waals surface area contributed by atoms with Crippen molar-refractivity contribution in [1.82, 2.24) is 5.32 Å². The molecule has 3 rings (SSSR count). The lowest BCUT2D eigenvalue weighted by atomic mass is 9.72. The molecule has 2 atom stereocenters. The van der Waals surface area contributed by atoms with Gasteiger partial charge in [-0.3, -0.25) is 0 Å². The summed E-state index contributed by atoms with van der Waals surface area (Å²) in [4.78, 5) is 0. The number of rotatable bonds is 3. The van der Waals surface area contributed by atoms with Gasteiger partial charge in [-0.2, -0.15) is 0 Å². The van der Waals surface area contributed by atoms with Crippen LogP contribution in [0.1, 0.15) is 56.1 Å². The Kier molecular flexibility index (Phi) is 4.22. The molecule has 0 aromatic heterocycles. The highest BCUT2D eigenvalue weighted by Gasteiger charge is 2.34. The summed E-state index contributed by atoms with van der Waals surface area (Å²) < 4.78 is 0. The van der Waals surface area contributed by atoms with Gasteiger partial charge in [0.15, 0.2) is 0 Å². The van der Waals surface area contributed by atoms with Gasteiger partial charge >= 0.3 is 0 Å². The van der Waals surface area contributed by atoms with Crippen LogP contribution in [0.15, 0.2) is 24.3 Å². The molecule has 19 heavy (non-hydrogen) atoms. The van der Waals surface area contributed by atoms with Gasteiger partial charge in [0.2, 0.25) is 0 Å². The third-order valence-electron chi connectivity index (χ3n) is 5.37. The van der Waals surface area contributed by atoms with Crippen LogP contribution >= 0.6 is 0 Å². The summed E-state index contributed by atoms with van der Waals surface area (Å²) >= 11 is 0. The smallest absolute Gasteiger partial charge is 0.00120 e. The molecule has 1 nitrogen and oxygen atoms in total. The monoisotopic (exact) mass is 257 g/mol. The summed E-state index contributed by atoms with van der Waals surface area (Å²) in [5.41, 5.74) is 3.24. The van der Waals surface area contributed by atoms with Crippen LogP contribution in [0.5, 0.6) is 0 Å². The molecule has 1 N–H and O–H groups in total. The van der Waals surface area contributed by atoms with E-state index in [-0.39, 0.29) is 0 Å². The summed E-state index contributed by atoms with van der Waals surface area (Å²) in [5.74, 6) is 2.66. The molecule has 0 bridgehead atoms. The number of nitrogens with one attached hydrogen (secondary N) is 1. The molecule has 2 aliphatic rings. The first kappa shape index (κ1) is 13.2. The molecule has 1 heterocycles. The average Bonchev–Trinajstić information content (AvgIpc) is 3.01. The van der Waals surface area contributed by atoms with E-state index in [4.69, 9.17) is 0 Å². The fourth-order valence-electron chi connectivity index (χ4n) is 4.37. The van der Waals surface area contributed by atoms with Gasteiger partial charge in [0.25, 0.3) is 0 Å². The first-order valence-electron chi connectivity index (χ1n) is 8.18. The molecule has 0 radical (unpaired) electrons. The zero-order valence-corrected chi connectivity index (χ0v) is 12.2. The molecule has 1 aliphatic carbocycles. The summed E-state index contributed by atoms with van der Waals surface area (Å²) in [6, 6.07) is 9.18. The Morgan fingerprint density at radius 2 is 1.89 bits per heavy atom. The highest BCUT2D eigenvalue weighted by Crippen LogP contribution is 2.42. The Hall–Kier alpha value is -0.820. The predicted octanol–water partition coefficient (Wildman–Crippen LogP) is 4.13. The maximum atomic E-state index is 3.65. The van der Waals surface area contributed by atoms with Crippen molar-refractivity contribution in [2.75, 3.05) is 13.1 Å². The second kappa shape index (κ2) is 6.09. The molecule has 0 spiro atoms. The summed E-state index contributed by atoms with van der Waals surface area (Å²) in [5, 5.41) is 3.65. The minimum absolute atomic E-state index is 0.806. The minimum atomic E-state index is 0.806. The summed E-state index contributed by atoms with van der Waals surface area (Å²) in [7, 11) is 0. The lowest BCUT2D eigenvalue weighted by Gasteiger charge is -2.37. The molecule has 104 valence electrons. The van der Waals surface area contributed by atoms with E-state index < -0.39 is 0 Å². The van der Waals surface area contributed by atoms with E-state index in [1.807, 2.05) is 0 Å². The van der Waals surface area contributed by atoms with E-state index in [2.05, 4.69) is 36.5 Å². The van der Waals surface area contributed by atoms with Crippen LogP contribution in [0.2, 0.25) is 0 Å². The van der Waals surface area contributed by atoms with Crippen molar-refractivity contribution >= 4 is 0 Å². The van der Waals surface area contributed by atoms with Crippen molar-refractivity contribution in [3.63, 3.8) is 0 Å². The number of hydrogen-bond acceptors (Lipinski definition) is 1. The van der Waals surface area contributed by atoms with E-state index in [0.717, 1.165) is 17.8 Å². The molecule has 1 aromatic carbocycles. The van der Waals surface area contributed by atoms with Crippen LogP contribution in [-0.4, -0.2) is 13.1 Å². The summed E-state index contributed by atoms with van der Waals surface area (Å²) in [6.45, 7) is 4.74. The van der Waals surface area contributed by atoms with Gasteiger partial charge in [0.05, 0.1) is 0 Å². The van der Waals surface area contributed by atoms with Crippen LogP contribution in [0.25, 0.3) is 0 Å². The highest BCUT2D eigenvalue weighted by atomic mass is 14.9. The van der Waals surface area contributed by atoms with Crippen molar-refractivity contribution in [2.24, 2.45) is 11.8 Å². The third-order valence-corrected chi connectivity index (χ3v) is 5.37. The highest BCUT2D eigenvalue weighted by molar-refractivity contribution is 5.31. The standard InChI is InChI=1S/C18H27N/c1-2-14-7-5-6-10-16(14)17-11-12-19-13-18(17)15-8-3-4-9-15/h5-7,10,15,17-19H,2-4,8-9,11-13H2,1H3. The normalized spacial score (nSPS) is 28.7. The summed E-state index contributed by atoms with van der Waals surface area (Å²) in [6.07, 6.45) is 8.37. The van der Waals surface area contributed by atoms with Gasteiger partial charge in [0, 0.05) is 0 Å². The Labute approximate surface area is 117 Å². The average molecular weight is 257 g/mol. The van der Waals surface area contributed by atoms with E-state index >= 15 is 0 Å². The molecule has 1 heteroatoms. The van der Waals surface area contributed by atoms with Crippen molar-refractivity contribution in [2.45, 2.75) is 51.4 Å². The van der Waals surface area contributed by atoms with Crippen molar-refractivity contribution in [3.8, 4) is 0 Å². The van der Waals surface area contributed by atoms with Crippen LogP contribution in [0.3, 0.4) is 0 Å². The Morgan fingerprint density at radius 1 is 1.11 bits per heavy atom. The molecule has 0 amide bonds. The molecule has 1 saturated heterocycles. The number of aryl methyl sites for hydroxylation is 1. The second-order valence-corrected chi connectivity index (χ2v) is 6.36. The molecule has 1 saturated carbocycles. The van der Waals surface area contributed by atoms with Gasteiger partial charge in [0.1, 0.15) is 0 Å². The first-order chi connectivity index (χ1) is 9.40. The van der Waals surface area contributed by atoms with Gasteiger partial charge in [-0.1, -0.05) is 56.9 Å². The van der Waals surface area contributed by atoms with Gasteiger partial charge < -0.3 is 5.32 Å². The molecule has 1 aliphatic heterocycles. The van der Waals surface area contributed by atoms with Crippen LogP contribution < -0.4 is 5.32 Å². The predicted molar refractivity (Wildman–Crippen MR) is 81.5 cm³/mol. The van der Waals surface area contributed by atoms with E-state index in [9.17, 15) is 0 Å². The first-order valence-corrected chi connectivity index (χ1v) is 8.18. The maximum Gasteiger partial charge on any atom is -0.00120 e. The zero-order chi connectivity index (χ0) is 13.1. The molecular weight excluding hydrogens is 230 g/mol. The maximum absolute atomic E-state index is 3.65. The van der Waals surface area contributed by atoms with Gasteiger partial charge in [-0.25, -0.2) is 0 Å². The number of piperidine rings is 1. The van der Waals surface area contributed by atoms with Crippen LogP contribution in [0, 0.1) is 11.8 Å². The SMILES string of the molecule is CCc1ccccc1C1CCNCC1C1CCCC1. The Balaban J connectivity index is 1.86. The molecular formula is C18H27N. The lowest BCUT2D eigenvalue weighted by Crippen LogP contribution is -2.39.